The molecule has 1 N–H and O–H groups in total. The minimum atomic E-state index is -0.300. The van der Waals surface area contributed by atoms with Gasteiger partial charge in [-0.2, -0.15) is 0 Å². The number of hydrogen-bond acceptors (Lipinski definition) is 5. The highest BCUT2D eigenvalue weighted by atomic mass is 35.5. The second kappa shape index (κ2) is 7.72. The molecule has 2 heterocycles. The molecule has 0 bridgehead atoms. The quantitative estimate of drug-likeness (QED) is 0.761. The highest BCUT2D eigenvalue weighted by Crippen LogP contribution is 2.23. The normalized spacial score (nSPS) is 10.3. The molecule has 0 radical (unpaired) electrons. The Labute approximate surface area is 149 Å². The van der Waals surface area contributed by atoms with Crippen LogP contribution in [0.5, 0.6) is 5.75 Å². The maximum atomic E-state index is 12.5. The van der Waals surface area contributed by atoms with Crippen LogP contribution in [0, 0.1) is 0 Å². The van der Waals surface area contributed by atoms with Gasteiger partial charge >= 0.3 is 0 Å². The second-order valence-electron chi connectivity index (χ2n) is 5.11. The molecule has 0 fully saturated rings. The zero-order valence-corrected chi connectivity index (χ0v) is 14.2. The van der Waals surface area contributed by atoms with Crippen LogP contribution in [0.4, 0.5) is 0 Å². The first-order valence-electron chi connectivity index (χ1n) is 7.51. The number of amides is 1. The first-order valence-corrected chi connectivity index (χ1v) is 7.89. The van der Waals surface area contributed by atoms with Gasteiger partial charge in [0.15, 0.2) is 0 Å². The summed E-state index contributed by atoms with van der Waals surface area (Å²) in [5, 5.41) is 3.29. The number of rotatable bonds is 5. The maximum absolute atomic E-state index is 12.5. The number of ether oxygens (including phenoxy) is 1. The molecule has 0 aliphatic heterocycles. The van der Waals surface area contributed by atoms with Gasteiger partial charge in [-0.25, -0.2) is 0 Å². The van der Waals surface area contributed by atoms with E-state index < -0.39 is 0 Å². The van der Waals surface area contributed by atoms with Gasteiger partial charge in [-0.05, 0) is 30.3 Å². The molecule has 25 heavy (non-hydrogen) atoms. The van der Waals surface area contributed by atoms with Crippen molar-refractivity contribution in [3.05, 3.63) is 71.4 Å². The van der Waals surface area contributed by atoms with Crippen LogP contribution in [0.15, 0.2) is 55.1 Å². The monoisotopic (exact) mass is 354 g/mol. The predicted molar refractivity (Wildman–Crippen MR) is 94.4 cm³/mol. The van der Waals surface area contributed by atoms with Crippen LogP contribution in [0.1, 0.15) is 16.1 Å². The molecule has 3 aromatic rings. The highest BCUT2D eigenvalue weighted by Gasteiger charge is 2.14. The van der Waals surface area contributed by atoms with E-state index in [2.05, 4.69) is 20.3 Å². The van der Waals surface area contributed by atoms with Crippen molar-refractivity contribution in [1.82, 2.24) is 20.3 Å². The fourth-order valence-electron chi connectivity index (χ4n) is 2.36. The number of carbonyl (C=O) groups is 1. The van der Waals surface area contributed by atoms with Gasteiger partial charge in [0.2, 0.25) is 0 Å². The third kappa shape index (κ3) is 3.92. The molecule has 126 valence electrons. The topological polar surface area (TPSA) is 77.0 Å². The fraction of sp³-hybridized carbons (Fsp3) is 0.111. The summed E-state index contributed by atoms with van der Waals surface area (Å²) < 4.78 is 5.21. The largest absolute Gasteiger partial charge is 0.496 e. The molecule has 0 saturated heterocycles. The highest BCUT2D eigenvalue weighted by molar-refractivity contribution is 6.31. The summed E-state index contributed by atoms with van der Waals surface area (Å²) in [7, 11) is 1.50. The lowest BCUT2D eigenvalue weighted by atomic mass is 10.1. The number of benzene rings is 1. The van der Waals surface area contributed by atoms with E-state index in [0.29, 0.717) is 27.7 Å². The summed E-state index contributed by atoms with van der Waals surface area (Å²) in [6.45, 7) is 0.222. The van der Waals surface area contributed by atoms with E-state index in [1.165, 1.54) is 7.11 Å². The Morgan fingerprint density at radius 1 is 1.12 bits per heavy atom. The van der Waals surface area contributed by atoms with Crippen molar-refractivity contribution in [2.24, 2.45) is 0 Å². The summed E-state index contributed by atoms with van der Waals surface area (Å²) in [4.78, 5) is 25.2. The van der Waals surface area contributed by atoms with Crippen molar-refractivity contribution in [1.29, 1.82) is 0 Å². The molecule has 0 unspecified atom stereocenters. The van der Waals surface area contributed by atoms with E-state index in [9.17, 15) is 4.79 Å². The van der Waals surface area contributed by atoms with Crippen molar-refractivity contribution in [2.75, 3.05) is 7.11 Å². The van der Waals surface area contributed by atoms with Crippen molar-refractivity contribution < 1.29 is 9.53 Å². The van der Waals surface area contributed by atoms with Crippen LogP contribution < -0.4 is 10.1 Å². The average molecular weight is 355 g/mol. The molecular weight excluding hydrogens is 340 g/mol. The molecule has 0 aliphatic rings. The lowest BCUT2D eigenvalue weighted by molar-refractivity contribution is 0.0947. The van der Waals surface area contributed by atoms with Crippen LogP contribution in [-0.2, 0) is 6.54 Å². The standard InChI is InChI=1S/C18H15ClN4O2/c1-25-16-3-2-13(19)10-14(16)18(24)23-11-15-17(22-9-8-21-15)12-4-6-20-7-5-12/h2-10H,11H2,1H3,(H,23,24). The van der Waals surface area contributed by atoms with Crippen molar-refractivity contribution in [2.45, 2.75) is 6.54 Å². The Morgan fingerprint density at radius 2 is 1.88 bits per heavy atom. The number of carbonyl (C=O) groups excluding carboxylic acids is 1. The molecule has 3 rings (SSSR count). The maximum Gasteiger partial charge on any atom is 0.255 e. The van der Waals surface area contributed by atoms with Crippen LogP contribution in [-0.4, -0.2) is 28.0 Å². The minimum absolute atomic E-state index is 0.222. The lowest BCUT2D eigenvalue weighted by Crippen LogP contribution is -2.24. The second-order valence-corrected chi connectivity index (χ2v) is 5.55. The summed E-state index contributed by atoms with van der Waals surface area (Å²) in [5.74, 6) is 0.154. The number of halogens is 1. The van der Waals surface area contributed by atoms with Gasteiger partial charge in [0, 0.05) is 35.4 Å². The zero-order valence-electron chi connectivity index (χ0n) is 13.4. The van der Waals surface area contributed by atoms with E-state index in [1.54, 1.807) is 43.0 Å². The summed E-state index contributed by atoms with van der Waals surface area (Å²) in [5.41, 5.74) is 2.60. The van der Waals surface area contributed by atoms with Crippen molar-refractivity contribution in [3.63, 3.8) is 0 Å². The number of nitrogens with zero attached hydrogens (tertiary/aromatic N) is 3. The third-order valence-electron chi connectivity index (χ3n) is 3.55. The Morgan fingerprint density at radius 3 is 2.64 bits per heavy atom. The fourth-order valence-corrected chi connectivity index (χ4v) is 2.54. The number of aromatic nitrogens is 3. The van der Waals surface area contributed by atoms with Gasteiger partial charge in [0.25, 0.3) is 5.91 Å². The van der Waals surface area contributed by atoms with Gasteiger partial charge in [-0.3, -0.25) is 19.7 Å². The first-order chi connectivity index (χ1) is 12.2. The molecule has 0 atom stereocenters. The van der Waals surface area contributed by atoms with E-state index in [1.807, 2.05) is 12.1 Å². The lowest BCUT2D eigenvalue weighted by Gasteiger charge is -2.11. The van der Waals surface area contributed by atoms with Gasteiger partial charge in [0.1, 0.15) is 5.75 Å². The summed E-state index contributed by atoms with van der Waals surface area (Å²) in [6, 6.07) is 8.57. The van der Waals surface area contributed by atoms with Crippen molar-refractivity contribution in [3.8, 4) is 17.0 Å². The van der Waals surface area contributed by atoms with Crippen LogP contribution in [0.2, 0.25) is 5.02 Å². The molecule has 0 aliphatic carbocycles. The van der Waals surface area contributed by atoms with Crippen molar-refractivity contribution >= 4 is 17.5 Å². The first kappa shape index (κ1) is 16.9. The van der Waals surface area contributed by atoms with Gasteiger partial charge in [-0.15, -0.1) is 0 Å². The van der Waals surface area contributed by atoms with Gasteiger partial charge in [0.05, 0.1) is 30.6 Å². The van der Waals surface area contributed by atoms with E-state index in [0.717, 1.165) is 5.56 Å². The Balaban J connectivity index is 1.81. The summed E-state index contributed by atoms with van der Waals surface area (Å²) >= 11 is 5.98. The Kier molecular flexibility index (Phi) is 5.20. The molecule has 6 nitrogen and oxygen atoms in total. The molecule has 0 saturated carbocycles. The molecule has 1 aromatic carbocycles. The third-order valence-corrected chi connectivity index (χ3v) is 3.79. The minimum Gasteiger partial charge on any atom is -0.496 e. The number of hydrogen-bond donors (Lipinski definition) is 1. The van der Waals surface area contributed by atoms with E-state index in [-0.39, 0.29) is 12.5 Å². The molecule has 1 amide bonds. The molecule has 7 heteroatoms. The zero-order chi connectivity index (χ0) is 17.6. The number of nitrogens with one attached hydrogen (secondary N) is 1. The van der Waals surface area contributed by atoms with Crippen LogP contribution in [0.25, 0.3) is 11.3 Å². The molecule has 0 spiro atoms. The van der Waals surface area contributed by atoms with Gasteiger partial charge in [-0.1, -0.05) is 11.6 Å². The smallest absolute Gasteiger partial charge is 0.255 e. The SMILES string of the molecule is COc1ccc(Cl)cc1C(=O)NCc1nccnc1-c1ccncc1. The van der Waals surface area contributed by atoms with E-state index >= 15 is 0 Å². The van der Waals surface area contributed by atoms with Crippen LogP contribution >= 0.6 is 11.6 Å². The number of pyridine rings is 1. The summed E-state index contributed by atoms with van der Waals surface area (Å²) in [6.07, 6.45) is 6.57. The predicted octanol–water partition coefficient (Wildman–Crippen LogP) is 3.13. The van der Waals surface area contributed by atoms with Gasteiger partial charge < -0.3 is 10.1 Å². The average Bonchev–Trinajstić information content (AvgIpc) is 2.67. The Bertz CT molecular complexity index is 887. The molecule has 2 aromatic heterocycles. The molecular formula is C18H15ClN4O2. The van der Waals surface area contributed by atoms with E-state index in [4.69, 9.17) is 16.3 Å². The van der Waals surface area contributed by atoms with Crippen LogP contribution in [0.3, 0.4) is 0 Å². The number of methoxy groups -OCH3 is 1. The Hall–Kier alpha value is -2.99.